The molecule has 3 heteroatoms. The number of nitrogens with zero attached hydrogens (tertiary/aromatic N) is 1. The number of hydrogen-bond acceptors (Lipinski definition) is 2. The molecule has 0 heterocycles. The summed E-state index contributed by atoms with van der Waals surface area (Å²) in [6.45, 7) is 10.7. The Bertz CT molecular complexity index is 396. The van der Waals surface area contributed by atoms with Crippen molar-refractivity contribution < 1.29 is 0 Å². The quantitative estimate of drug-likeness (QED) is 0.771. The molecule has 106 valence electrons. The summed E-state index contributed by atoms with van der Waals surface area (Å²) in [5.74, 6) is 0.588. The molecule has 0 aliphatic rings. The van der Waals surface area contributed by atoms with Gasteiger partial charge in [0, 0.05) is 25.6 Å². The van der Waals surface area contributed by atoms with Gasteiger partial charge in [-0.15, -0.1) is 0 Å². The molecule has 0 saturated heterocycles. The predicted octanol–water partition coefficient (Wildman–Crippen LogP) is 3.70. The van der Waals surface area contributed by atoms with Gasteiger partial charge < -0.3 is 5.73 Å². The van der Waals surface area contributed by atoms with Gasteiger partial charge in [-0.1, -0.05) is 50.3 Å². The van der Waals surface area contributed by atoms with Crippen LogP contribution in [-0.4, -0.2) is 22.5 Å². The van der Waals surface area contributed by atoms with Crippen LogP contribution in [0.2, 0.25) is 0 Å². The molecule has 0 spiro atoms. The first-order valence-corrected chi connectivity index (χ1v) is 7.42. The summed E-state index contributed by atoms with van der Waals surface area (Å²) < 4.78 is 0. The van der Waals surface area contributed by atoms with Crippen LogP contribution < -0.4 is 5.73 Å². The van der Waals surface area contributed by atoms with Crippen molar-refractivity contribution in [2.24, 2.45) is 5.73 Å². The van der Waals surface area contributed by atoms with E-state index in [9.17, 15) is 0 Å². The van der Waals surface area contributed by atoms with Gasteiger partial charge in [-0.25, -0.2) is 0 Å². The second-order valence-electron chi connectivity index (χ2n) is 5.68. The minimum atomic E-state index is 0.499. The van der Waals surface area contributed by atoms with E-state index >= 15 is 0 Å². The van der Waals surface area contributed by atoms with Crippen molar-refractivity contribution in [3.05, 3.63) is 35.4 Å². The summed E-state index contributed by atoms with van der Waals surface area (Å²) in [7, 11) is 0. The maximum absolute atomic E-state index is 5.59. The highest BCUT2D eigenvalue weighted by Gasteiger charge is 2.10. The lowest BCUT2D eigenvalue weighted by molar-refractivity contribution is 0.219. The number of benzene rings is 1. The lowest BCUT2D eigenvalue weighted by atomic mass is 10.0. The first kappa shape index (κ1) is 16.1. The Morgan fingerprint density at radius 3 is 2.16 bits per heavy atom. The molecule has 0 atom stereocenters. The normalized spacial score (nSPS) is 11.5. The molecule has 1 aromatic rings. The van der Waals surface area contributed by atoms with Gasteiger partial charge in [0.25, 0.3) is 0 Å². The van der Waals surface area contributed by atoms with Crippen LogP contribution in [0.25, 0.3) is 0 Å². The van der Waals surface area contributed by atoms with Crippen molar-refractivity contribution in [3.8, 4) is 0 Å². The number of thiocarbonyl (C=S) groups is 1. The molecule has 1 rings (SSSR count). The molecule has 2 nitrogen and oxygen atoms in total. The highest BCUT2D eigenvalue weighted by atomic mass is 32.1. The van der Waals surface area contributed by atoms with E-state index in [1.807, 2.05) is 0 Å². The zero-order valence-electron chi connectivity index (χ0n) is 12.5. The third kappa shape index (κ3) is 5.70. The topological polar surface area (TPSA) is 29.3 Å². The van der Waals surface area contributed by atoms with Gasteiger partial charge in [-0.3, -0.25) is 4.90 Å². The second kappa shape index (κ2) is 7.61. The molecule has 0 unspecified atom stereocenters. The van der Waals surface area contributed by atoms with E-state index < -0.39 is 0 Å². The smallest absolute Gasteiger partial charge is 0.0740 e. The van der Waals surface area contributed by atoms with Crippen molar-refractivity contribution in [1.29, 1.82) is 0 Å². The molecule has 0 aliphatic heterocycles. The van der Waals surface area contributed by atoms with Crippen molar-refractivity contribution in [2.45, 2.75) is 52.6 Å². The summed E-state index contributed by atoms with van der Waals surface area (Å²) in [6.07, 6.45) is 0.789. The van der Waals surface area contributed by atoms with Crippen LogP contribution in [0, 0.1) is 0 Å². The minimum Gasteiger partial charge on any atom is -0.393 e. The van der Waals surface area contributed by atoms with Crippen LogP contribution in [0.15, 0.2) is 24.3 Å². The Kier molecular flexibility index (Phi) is 6.46. The van der Waals surface area contributed by atoms with E-state index in [0.29, 0.717) is 16.9 Å². The summed E-state index contributed by atoms with van der Waals surface area (Å²) in [5, 5.41) is 0. The molecule has 0 radical (unpaired) electrons. The fraction of sp³-hybridized carbons (Fsp3) is 0.562. The van der Waals surface area contributed by atoms with E-state index in [0.717, 1.165) is 19.5 Å². The van der Waals surface area contributed by atoms with Crippen LogP contribution in [-0.2, 0) is 6.54 Å². The zero-order chi connectivity index (χ0) is 14.4. The lowest BCUT2D eigenvalue weighted by Gasteiger charge is -2.26. The third-order valence-corrected chi connectivity index (χ3v) is 3.61. The van der Waals surface area contributed by atoms with Crippen molar-refractivity contribution in [3.63, 3.8) is 0 Å². The van der Waals surface area contributed by atoms with Gasteiger partial charge >= 0.3 is 0 Å². The third-order valence-electron chi connectivity index (χ3n) is 3.41. The molecule has 0 bridgehead atoms. The molecule has 19 heavy (non-hydrogen) atoms. The summed E-state index contributed by atoms with van der Waals surface area (Å²) in [4.78, 5) is 3.00. The van der Waals surface area contributed by atoms with Gasteiger partial charge in [0.2, 0.25) is 0 Å². The largest absolute Gasteiger partial charge is 0.393 e. The van der Waals surface area contributed by atoms with Gasteiger partial charge in [0.1, 0.15) is 0 Å². The molecule has 0 aliphatic carbocycles. The van der Waals surface area contributed by atoms with E-state index in [1.165, 1.54) is 11.1 Å². The van der Waals surface area contributed by atoms with Gasteiger partial charge in [0.15, 0.2) is 0 Å². The molecule has 0 amide bonds. The van der Waals surface area contributed by atoms with Crippen molar-refractivity contribution >= 4 is 17.2 Å². The van der Waals surface area contributed by atoms with E-state index in [2.05, 4.69) is 56.9 Å². The molecule has 0 fully saturated rings. The highest BCUT2D eigenvalue weighted by Crippen LogP contribution is 2.16. The van der Waals surface area contributed by atoms with Crippen molar-refractivity contribution in [2.75, 3.05) is 6.54 Å². The molecule has 2 N–H and O–H groups in total. The number of rotatable bonds is 7. The molecule has 0 aromatic heterocycles. The lowest BCUT2D eigenvalue weighted by Crippen LogP contribution is -2.33. The summed E-state index contributed by atoms with van der Waals surface area (Å²) in [6, 6.07) is 9.41. The minimum absolute atomic E-state index is 0.499. The van der Waals surface area contributed by atoms with Crippen LogP contribution in [0.5, 0.6) is 0 Å². The van der Waals surface area contributed by atoms with Gasteiger partial charge in [-0.05, 0) is 30.9 Å². The zero-order valence-corrected chi connectivity index (χ0v) is 13.3. The Morgan fingerprint density at radius 1 is 1.16 bits per heavy atom. The highest BCUT2D eigenvalue weighted by molar-refractivity contribution is 7.80. The van der Waals surface area contributed by atoms with E-state index in [4.69, 9.17) is 18.0 Å². The van der Waals surface area contributed by atoms with Gasteiger partial charge in [0.05, 0.1) is 4.99 Å². The van der Waals surface area contributed by atoms with Crippen LogP contribution >= 0.6 is 12.2 Å². The monoisotopic (exact) mass is 278 g/mol. The molecule has 1 aromatic carbocycles. The standard InChI is InChI=1S/C16H26N2S/c1-12(2)15-7-5-14(6-8-15)11-18(13(3)4)10-9-16(17)19/h5-8,12-13H,9-11H2,1-4H3,(H2,17,19). The second-order valence-corrected chi connectivity index (χ2v) is 6.20. The van der Waals surface area contributed by atoms with Crippen molar-refractivity contribution in [1.82, 2.24) is 4.90 Å². The average molecular weight is 278 g/mol. The Morgan fingerprint density at radius 2 is 1.74 bits per heavy atom. The fourth-order valence-corrected chi connectivity index (χ4v) is 2.11. The predicted molar refractivity (Wildman–Crippen MR) is 87.5 cm³/mol. The van der Waals surface area contributed by atoms with E-state index in [-0.39, 0.29) is 0 Å². The average Bonchev–Trinajstić information content (AvgIpc) is 2.34. The maximum atomic E-state index is 5.59. The first-order valence-electron chi connectivity index (χ1n) is 7.01. The Balaban J connectivity index is 2.65. The molecule has 0 saturated carbocycles. The van der Waals surface area contributed by atoms with Crippen LogP contribution in [0.4, 0.5) is 0 Å². The summed E-state index contributed by atoms with van der Waals surface area (Å²) >= 11 is 4.96. The van der Waals surface area contributed by atoms with Crippen LogP contribution in [0.1, 0.15) is 51.2 Å². The Labute approximate surface area is 123 Å². The number of hydrogen-bond donors (Lipinski definition) is 1. The Hall–Kier alpha value is -0.930. The maximum Gasteiger partial charge on any atom is 0.0740 e. The van der Waals surface area contributed by atoms with E-state index in [1.54, 1.807) is 0 Å². The SMILES string of the molecule is CC(C)c1ccc(CN(CCC(N)=S)C(C)C)cc1. The number of nitrogens with two attached hydrogens (primary N) is 1. The fourth-order valence-electron chi connectivity index (χ4n) is 2.02. The van der Waals surface area contributed by atoms with Crippen LogP contribution in [0.3, 0.4) is 0 Å². The first-order chi connectivity index (χ1) is 8.90. The van der Waals surface area contributed by atoms with Gasteiger partial charge in [-0.2, -0.15) is 0 Å². The summed E-state index contributed by atoms with van der Waals surface area (Å²) in [5.41, 5.74) is 8.33. The molecular weight excluding hydrogens is 252 g/mol. The molecular formula is C16H26N2S.